The molecule has 0 bridgehead atoms. The number of ether oxygens (including phenoxy) is 1. The second-order valence-corrected chi connectivity index (χ2v) is 6.29. The molecule has 7 nitrogen and oxygen atoms in total. The zero-order chi connectivity index (χ0) is 19.4. The number of imide groups is 1. The maximum absolute atomic E-state index is 12.6. The second-order valence-electron chi connectivity index (χ2n) is 5.86. The number of amides is 3. The summed E-state index contributed by atoms with van der Waals surface area (Å²) >= 11 is 5.79. The third-order valence-corrected chi connectivity index (χ3v) is 4.27. The molecule has 27 heavy (non-hydrogen) atoms. The molecular formula is C19H18ClN3O4. The van der Waals surface area contributed by atoms with E-state index >= 15 is 0 Å². The largest absolute Gasteiger partial charge is 0.494 e. The molecule has 140 valence electrons. The van der Waals surface area contributed by atoms with E-state index in [-0.39, 0.29) is 12.3 Å². The Labute approximate surface area is 161 Å². The van der Waals surface area contributed by atoms with Crippen molar-refractivity contribution in [2.45, 2.75) is 19.4 Å². The van der Waals surface area contributed by atoms with Gasteiger partial charge in [-0.3, -0.25) is 19.8 Å². The van der Waals surface area contributed by atoms with Crippen LogP contribution in [0.2, 0.25) is 5.02 Å². The van der Waals surface area contributed by atoms with Gasteiger partial charge in [-0.1, -0.05) is 11.6 Å². The van der Waals surface area contributed by atoms with Gasteiger partial charge in [0.1, 0.15) is 11.8 Å². The molecule has 1 saturated heterocycles. The molecule has 0 aliphatic carbocycles. The number of nitrogens with one attached hydrogen (secondary N) is 2. The van der Waals surface area contributed by atoms with E-state index in [9.17, 15) is 14.4 Å². The summed E-state index contributed by atoms with van der Waals surface area (Å²) in [6, 6.07) is 12.2. The maximum atomic E-state index is 12.6. The highest BCUT2D eigenvalue weighted by Gasteiger charge is 2.39. The van der Waals surface area contributed by atoms with Crippen LogP contribution in [0.4, 0.5) is 5.69 Å². The van der Waals surface area contributed by atoms with Crippen LogP contribution in [0.15, 0.2) is 48.5 Å². The number of carbonyl (C=O) groups is 3. The summed E-state index contributed by atoms with van der Waals surface area (Å²) in [5.74, 6) is -0.542. The molecule has 2 aromatic carbocycles. The maximum Gasteiger partial charge on any atom is 0.265 e. The number of anilines is 1. The lowest BCUT2D eigenvalue weighted by molar-refractivity contribution is -0.121. The molecule has 1 heterocycles. The van der Waals surface area contributed by atoms with Crippen molar-refractivity contribution in [1.29, 1.82) is 0 Å². The Morgan fingerprint density at radius 3 is 2.44 bits per heavy atom. The smallest absolute Gasteiger partial charge is 0.265 e. The first kappa shape index (κ1) is 18.9. The van der Waals surface area contributed by atoms with Crippen molar-refractivity contribution < 1.29 is 19.1 Å². The molecule has 3 rings (SSSR count). The fourth-order valence-electron chi connectivity index (χ4n) is 2.70. The van der Waals surface area contributed by atoms with Crippen LogP contribution in [0.3, 0.4) is 0 Å². The highest BCUT2D eigenvalue weighted by atomic mass is 35.5. The van der Waals surface area contributed by atoms with E-state index in [1.54, 1.807) is 48.5 Å². The third kappa shape index (κ3) is 4.27. The molecule has 1 aliphatic heterocycles. The molecule has 8 heteroatoms. The van der Waals surface area contributed by atoms with Crippen molar-refractivity contribution in [2.75, 3.05) is 11.5 Å². The molecule has 1 atom stereocenters. The summed E-state index contributed by atoms with van der Waals surface area (Å²) in [5.41, 5.74) is 5.94. The number of carbonyl (C=O) groups excluding carboxylic acids is 3. The van der Waals surface area contributed by atoms with E-state index in [2.05, 4.69) is 10.9 Å². The first-order valence-corrected chi connectivity index (χ1v) is 8.78. The fourth-order valence-corrected chi connectivity index (χ4v) is 2.83. The highest BCUT2D eigenvalue weighted by molar-refractivity contribution is 6.30. The molecule has 0 saturated carbocycles. The van der Waals surface area contributed by atoms with Crippen molar-refractivity contribution >= 4 is 35.0 Å². The van der Waals surface area contributed by atoms with Crippen molar-refractivity contribution in [3.05, 3.63) is 59.1 Å². The van der Waals surface area contributed by atoms with E-state index in [1.165, 1.54) is 0 Å². The standard InChI is InChI=1S/C19H18ClN3O4/c1-2-27-15-9-7-14(8-10-15)23-17(24)11-16(19(23)26)21-22-18(25)12-3-5-13(20)6-4-12/h3-10,16,21H,2,11H2,1H3,(H,22,25)/t16-/m0/s1. The molecule has 0 spiro atoms. The number of hydrogen-bond acceptors (Lipinski definition) is 5. The minimum absolute atomic E-state index is 0.0487. The van der Waals surface area contributed by atoms with E-state index < -0.39 is 17.9 Å². The Bertz CT molecular complexity index is 852. The number of hydrazine groups is 1. The number of rotatable bonds is 6. The Kier molecular flexibility index (Phi) is 5.73. The van der Waals surface area contributed by atoms with Gasteiger partial charge in [-0.25, -0.2) is 10.3 Å². The van der Waals surface area contributed by atoms with Crippen LogP contribution in [-0.4, -0.2) is 30.4 Å². The van der Waals surface area contributed by atoms with Crippen molar-refractivity contribution in [3.8, 4) is 5.75 Å². The highest BCUT2D eigenvalue weighted by Crippen LogP contribution is 2.25. The number of hydrogen-bond donors (Lipinski definition) is 2. The van der Waals surface area contributed by atoms with Crippen LogP contribution >= 0.6 is 11.6 Å². The van der Waals surface area contributed by atoms with Crippen molar-refractivity contribution in [1.82, 2.24) is 10.9 Å². The van der Waals surface area contributed by atoms with Gasteiger partial charge < -0.3 is 4.74 Å². The number of nitrogens with zero attached hydrogens (tertiary/aromatic N) is 1. The van der Waals surface area contributed by atoms with Gasteiger partial charge in [0.2, 0.25) is 5.91 Å². The van der Waals surface area contributed by atoms with Gasteiger partial charge in [0.15, 0.2) is 0 Å². The first-order valence-electron chi connectivity index (χ1n) is 8.40. The molecular weight excluding hydrogens is 370 g/mol. The van der Waals surface area contributed by atoms with Crippen LogP contribution in [0.5, 0.6) is 5.75 Å². The summed E-state index contributed by atoms with van der Waals surface area (Å²) in [4.78, 5) is 38.0. The Hall–Kier alpha value is -2.90. The number of benzene rings is 2. The van der Waals surface area contributed by atoms with Crippen LogP contribution < -0.4 is 20.5 Å². The summed E-state index contributed by atoms with van der Waals surface area (Å²) in [6.45, 7) is 2.40. The normalized spacial score (nSPS) is 16.5. The van der Waals surface area contributed by atoms with Crippen LogP contribution in [0.1, 0.15) is 23.7 Å². The molecule has 0 unspecified atom stereocenters. The summed E-state index contributed by atoms with van der Waals surface area (Å²) in [6.07, 6.45) is -0.0487. The Morgan fingerprint density at radius 1 is 1.15 bits per heavy atom. The minimum atomic E-state index is -0.833. The van der Waals surface area contributed by atoms with Crippen molar-refractivity contribution in [2.24, 2.45) is 0 Å². The summed E-state index contributed by atoms with van der Waals surface area (Å²) in [5, 5.41) is 0.516. The Morgan fingerprint density at radius 2 is 1.81 bits per heavy atom. The van der Waals surface area contributed by atoms with E-state index in [0.717, 1.165) is 4.90 Å². The van der Waals surface area contributed by atoms with Gasteiger partial charge in [-0.2, -0.15) is 0 Å². The molecule has 2 aromatic rings. The van der Waals surface area contributed by atoms with E-state index in [4.69, 9.17) is 16.3 Å². The predicted octanol–water partition coefficient (Wildman–Crippen LogP) is 2.31. The van der Waals surface area contributed by atoms with Gasteiger partial charge in [0.25, 0.3) is 11.8 Å². The van der Waals surface area contributed by atoms with Crippen LogP contribution in [0.25, 0.3) is 0 Å². The SMILES string of the molecule is CCOc1ccc(N2C(=O)C[C@H](NNC(=O)c3ccc(Cl)cc3)C2=O)cc1. The van der Waals surface area contributed by atoms with E-state index in [0.29, 0.717) is 28.6 Å². The van der Waals surface area contributed by atoms with Crippen LogP contribution in [-0.2, 0) is 9.59 Å². The minimum Gasteiger partial charge on any atom is -0.494 e. The van der Waals surface area contributed by atoms with Gasteiger partial charge >= 0.3 is 0 Å². The zero-order valence-electron chi connectivity index (χ0n) is 14.6. The lowest BCUT2D eigenvalue weighted by Gasteiger charge is -2.16. The first-order chi connectivity index (χ1) is 13.0. The lowest BCUT2D eigenvalue weighted by Crippen LogP contribution is -2.48. The monoisotopic (exact) mass is 387 g/mol. The quantitative estimate of drug-likeness (QED) is 0.586. The average Bonchev–Trinajstić information content (AvgIpc) is 2.95. The van der Waals surface area contributed by atoms with Crippen molar-refractivity contribution in [3.63, 3.8) is 0 Å². The second kappa shape index (κ2) is 8.20. The summed E-state index contributed by atoms with van der Waals surface area (Å²) in [7, 11) is 0. The molecule has 3 amide bonds. The van der Waals surface area contributed by atoms with Gasteiger partial charge in [0, 0.05) is 10.6 Å². The summed E-state index contributed by atoms with van der Waals surface area (Å²) < 4.78 is 5.36. The molecule has 1 aliphatic rings. The molecule has 2 N–H and O–H groups in total. The molecule has 1 fully saturated rings. The zero-order valence-corrected chi connectivity index (χ0v) is 15.3. The predicted molar refractivity (Wildman–Crippen MR) is 101 cm³/mol. The average molecular weight is 388 g/mol. The lowest BCUT2D eigenvalue weighted by atomic mass is 10.2. The number of halogens is 1. The van der Waals surface area contributed by atoms with E-state index in [1.807, 2.05) is 6.92 Å². The molecule has 0 aromatic heterocycles. The van der Waals surface area contributed by atoms with Gasteiger partial charge in [-0.15, -0.1) is 0 Å². The topological polar surface area (TPSA) is 87.7 Å². The Balaban J connectivity index is 1.63. The molecule has 0 radical (unpaired) electrons. The van der Waals surface area contributed by atoms with Gasteiger partial charge in [0.05, 0.1) is 18.7 Å². The third-order valence-electron chi connectivity index (χ3n) is 4.02. The van der Waals surface area contributed by atoms with Crippen LogP contribution in [0, 0.1) is 0 Å². The van der Waals surface area contributed by atoms with Gasteiger partial charge in [-0.05, 0) is 55.5 Å². The fraction of sp³-hybridized carbons (Fsp3) is 0.211.